The van der Waals surface area contributed by atoms with Crippen molar-refractivity contribution in [1.29, 1.82) is 0 Å². The number of aryl methyl sites for hydroxylation is 1. The molecule has 4 rings (SSSR count). The summed E-state index contributed by atoms with van der Waals surface area (Å²) in [6, 6.07) is 18.1. The van der Waals surface area contributed by atoms with Crippen LogP contribution < -0.4 is 4.74 Å². The predicted octanol–water partition coefficient (Wildman–Crippen LogP) is 6.99. The standard InChI is InChI=1S/C29H28F3NO3/c1-4-20-9-7-11-26-27(20)24(18-35-3)19(2)33(26)28(34)22-12-14-23(15-13-22)36-17-16-21-8-5-6-10-25(21)29(30,31)32/h5-15H,4,16-18H2,1-3H3. The Balaban J connectivity index is 1.53. The second-order valence-electron chi connectivity index (χ2n) is 8.58. The molecule has 0 saturated carbocycles. The Morgan fingerprint density at radius 3 is 2.31 bits per heavy atom. The second kappa shape index (κ2) is 10.6. The van der Waals surface area contributed by atoms with E-state index in [1.807, 2.05) is 19.1 Å². The van der Waals surface area contributed by atoms with Crippen molar-refractivity contribution in [2.24, 2.45) is 0 Å². The first-order valence-corrected chi connectivity index (χ1v) is 11.8. The summed E-state index contributed by atoms with van der Waals surface area (Å²) in [6.07, 6.45) is -3.45. The highest BCUT2D eigenvalue weighted by atomic mass is 19.4. The van der Waals surface area contributed by atoms with Gasteiger partial charge in [0.2, 0.25) is 0 Å². The number of hydrogen-bond acceptors (Lipinski definition) is 3. The largest absolute Gasteiger partial charge is 0.493 e. The molecule has 0 aliphatic rings. The molecule has 1 aromatic heterocycles. The fourth-order valence-corrected chi connectivity index (χ4v) is 4.61. The van der Waals surface area contributed by atoms with Crippen LogP contribution in [0.15, 0.2) is 66.7 Å². The average Bonchev–Trinajstić information content (AvgIpc) is 3.15. The van der Waals surface area contributed by atoms with Crippen molar-refractivity contribution in [2.75, 3.05) is 13.7 Å². The van der Waals surface area contributed by atoms with E-state index in [1.165, 1.54) is 12.1 Å². The van der Waals surface area contributed by atoms with E-state index >= 15 is 0 Å². The summed E-state index contributed by atoms with van der Waals surface area (Å²) in [5, 5.41) is 1.05. The molecular weight excluding hydrogens is 467 g/mol. The number of hydrogen-bond donors (Lipinski definition) is 0. The molecule has 0 amide bonds. The number of benzene rings is 3. The first kappa shape index (κ1) is 25.5. The van der Waals surface area contributed by atoms with Gasteiger partial charge in [-0.2, -0.15) is 13.2 Å². The molecule has 0 spiro atoms. The lowest BCUT2D eigenvalue weighted by Crippen LogP contribution is -2.14. The normalized spacial score (nSPS) is 11.7. The molecule has 0 fully saturated rings. The van der Waals surface area contributed by atoms with Crippen LogP contribution in [0.3, 0.4) is 0 Å². The van der Waals surface area contributed by atoms with Gasteiger partial charge in [-0.05, 0) is 60.9 Å². The van der Waals surface area contributed by atoms with Gasteiger partial charge in [-0.25, -0.2) is 0 Å². The van der Waals surface area contributed by atoms with Gasteiger partial charge in [-0.3, -0.25) is 9.36 Å². The first-order chi connectivity index (χ1) is 17.3. The molecule has 0 aliphatic heterocycles. The van der Waals surface area contributed by atoms with Crippen LogP contribution in [0.4, 0.5) is 13.2 Å². The lowest BCUT2D eigenvalue weighted by Gasteiger charge is -2.13. The number of ether oxygens (including phenoxy) is 2. The zero-order valence-corrected chi connectivity index (χ0v) is 20.5. The number of fused-ring (bicyclic) bond motifs is 1. The van der Waals surface area contributed by atoms with E-state index in [9.17, 15) is 18.0 Å². The van der Waals surface area contributed by atoms with E-state index < -0.39 is 11.7 Å². The summed E-state index contributed by atoms with van der Waals surface area (Å²) >= 11 is 0. The third kappa shape index (κ3) is 5.02. The van der Waals surface area contributed by atoms with Gasteiger partial charge in [0.15, 0.2) is 0 Å². The summed E-state index contributed by atoms with van der Waals surface area (Å²) in [5.74, 6) is 0.317. The number of aromatic nitrogens is 1. The van der Waals surface area contributed by atoms with Gasteiger partial charge in [-0.1, -0.05) is 37.3 Å². The Labute approximate surface area is 208 Å². The Hall–Kier alpha value is -3.58. The topological polar surface area (TPSA) is 40.5 Å². The zero-order valence-electron chi connectivity index (χ0n) is 20.5. The minimum absolute atomic E-state index is 0.0852. The molecule has 0 atom stereocenters. The molecule has 0 bridgehead atoms. The highest BCUT2D eigenvalue weighted by Crippen LogP contribution is 2.33. The van der Waals surface area contributed by atoms with Gasteiger partial charge in [0.1, 0.15) is 5.75 Å². The van der Waals surface area contributed by atoms with E-state index in [-0.39, 0.29) is 24.5 Å². The summed E-state index contributed by atoms with van der Waals surface area (Å²) in [5.41, 5.74) is 3.85. The van der Waals surface area contributed by atoms with Gasteiger partial charge in [-0.15, -0.1) is 0 Å². The molecule has 36 heavy (non-hydrogen) atoms. The van der Waals surface area contributed by atoms with E-state index in [1.54, 1.807) is 42.0 Å². The molecule has 0 radical (unpaired) electrons. The third-order valence-corrected chi connectivity index (χ3v) is 6.38. The molecule has 0 saturated heterocycles. The van der Waals surface area contributed by atoms with Crippen LogP contribution in [0.2, 0.25) is 0 Å². The Morgan fingerprint density at radius 1 is 0.944 bits per heavy atom. The number of rotatable bonds is 8. The van der Waals surface area contributed by atoms with Crippen LogP contribution >= 0.6 is 0 Å². The molecule has 7 heteroatoms. The smallest absolute Gasteiger partial charge is 0.416 e. The van der Waals surface area contributed by atoms with Crippen molar-refractivity contribution in [2.45, 2.75) is 39.5 Å². The molecular formula is C29H28F3NO3. The number of methoxy groups -OCH3 is 1. The molecule has 1 heterocycles. The lowest BCUT2D eigenvalue weighted by atomic mass is 10.0. The Kier molecular flexibility index (Phi) is 7.50. The van der Waals surface area contributed by atoms with Gasteiger partial charge in [0.05, 0.1) is 24.3 Å². The third-order valence-electron chi connectivity index (χ3n) is 6.38. The van der Waals surface area contributed by atoms with Crippen LogP contribution in [0.1, 0.15) is 45.2 Å². The molecule has 4 aromatic rings. The first-order valence-electron chi connectivity index (χ1n) is 11.8. The highest BCUT2D eigenvalue weighted by Gasteiger charge is 2.32. The Morgan fingerprint density at radius 2 is 1.64 bits per heavy atom. The number of halogens is 3. The van der Waals surface area contributed by atoms with Crippen LogP contribution in [0.5, 0.6) is 5.75 Å². The fraction of sp³-hybridized carbons (Fsp3) is 0.276. The van der Waals surface area contributed by atoms with Crippen molar-refractivity contribution in [1.82, 2.24) is 4.57 Å². The van der Waals surface area contributed by atoms with Gasteiger partial charge >= 0.3 is 6.18 Å². The summed E-state index contributed by atoms with van der Waals surface area (Å²) in [7, 11) is 1.64. The molecule has 0 unspecified atom stereocenters. The molecule has 0 N–H and O–H groups in total. The van der Waals surface area contributed by atoms with Crippen molar-refractivity contribution >= 4 is 16.8 Å². The van der Waals surface area contributed by atoms with Gasteiger partial charge < -0.3 is 9.47 Å². The van der Waals surface area contributed by atoms with E-state index in [0.717, 1.165) is 40.2 Å². The maximum atomic E-state index is 13.5. The van der Waals surface area contributed by atoms with Crippen molar-refractivity contribution in [3.05, 3.63) is 100 Å². The van der Waals surface area contributed by atoms with Crippen LogP contribution in [0, 0.1) is 6.92 Å². The van der Waals surface area contributed by atoms with Gasteiger partial charge in [0, 0.05) is 35.7 Å². The van der Waals surface area contributed by atoms with Crippen LogP contribution in [0.25, 0.3) is 10.9 Å². The van der Waals surface area contributed by atoms with Gasteiger partial charge in [0.25, 0.3) is 5.91 Å². The van der Waals surface area contributed by atoms with Crippen LogP contribution in [-0.2, 0) is 30.4 Å². The van der Waals surface area contributed by atoms with Crippen molar-refractivity contribution in [3.8, 4) is 5.75 Å². The SMILES string of the molecule is CCc1cccc2c1c(COC)c(C)n2C(=O)c1ccc(OCCc2ccccc2C(F)(F)F)cc1. The number of alkyl halides is 3. The number of nitrogens with zero attached hydrogens (tertiary/aromatic N) is 1. The van der Waals surface area contributed by atoms with Crippen molar-refractivity contribution in [3.63, 3.8) is 0 Å². The minimum atomic E-state index is -4.40. The minimum Gasteiger partial charge on any atom is -0.493 e. The van der Waals surface area contributed by atoms with E-state index in [0.29, 0.717) is 17.9 Å². The molecule has 188 valence electrons. The predicted molar refractivity (Wildman–Crippen MR) is 134 cm³/mol. The molecule has 4 nitrogen and oxygen atoms in total. The summed E-state index contributed by atoms with van der Waals surface area (Å²) in [6.45, 7) is 4.49. The quantitative estimate of drug-likeness (QED) is 0.265. The second-order valence-corrected chi connectivity index (χ2v) is 8.58. The summed E-state index contributed by atoms with van der Waals surface area (Å²) < 4.78 is 52.4. The average molecular weight is 496 g/mol. The highest BCUT2D eigenvalue weighted by molar-refractivity contribution is 6.04. The lowest BCUT2D eigenvalue weighted by molar-refractivity contribution is -0.138. The van der Waals surface area contributed by atoms with Crippen LogP contribution in [-0.4, -0.2) is 24.2 Å². The maximum absolute atomic E-state index is 13.5. The number of carbonyl (C=O) groups is 1. The van der Waals surface area contributed by atoms with E-state index in [2.05, 4.69) is 13.0 Å². The molecule has 3 aromatic carbocycles. The zero-order chi connectivity index (χ0) is 25.9. The van der Waals surface area contributed by atoms with E-state index in [4.69, 9.17) is 9.47 Å². The number of carbonyl (C=O) groups excluding carboxylic acids is 1. The summed E-state index contributed by atoms with van der Waals surface area (Å²) in [4.78, 5) is 13.5. The van der Waals surface area contributed by atoms with Crippen molar-refractivity contribution < 1.29 is 27.4 Å². The fourth-order valence-electron chi connectivity index (χ4n) is 4.61. The maximum Gasteiger partial charge on any atom is 0.416 e. The molecule has 0 aliphatic carbocycles. The monoisotopic (exact) mass is 495 g/mol. The Bertz CT molecular complexity index is 1370.